The van der Waals surface area contributed by atoms with Crippen molar-refractivity contribution in [1.29, 1.82) is 0 Å². The molecule has 0 saturated heterocycles. The van der Waals surface area contributed by atoms with Crippen LogP contribution in [0.5, 0.6) is 0 Å². The van der Waals surface area contributed by atoms with Gasteiger partial charge in [-0.2, -0.15) is 0 Å². The van der Waals surface area contributed by atoms with Crippen LogP contribution in [0, 0.1) is 0 Å². The van der Waals surface area contributed by atoms with Gasteiger partial charge in [0.15, 0.2) is 6.10 Å². The van der Waals surface area contributed by atoms with Gasteiger partial charge in [0.25, 0.3) is 11.8 Å². The average Bonchev–Trinajstić information content (AvgIpc) is 3.40. The molecule has 0 N–H and O–H groups in total. The number of hydrogen-bond donors (Lipinski definition) is 0. The van der Waals surface area contributed by atoms with Crippen LogP contribution in [0.2, 0.25) is 0 Å². The van der Waals surface area contributed by atoms with E-state index in [4.69, 9.17) is 9.15 Å². The van der Waals surface area contributed by atoms with E-state index in [1.165, 1.54) is 16.0 Å². The number of carbonyl (C=O) groups excluding carboxylic acids is 1. The maximum atomic E-state index is 12.1. The third-order valence-corrected chi connectivity index (χ3v) is 5.89. The zero-order valence-corrected chi connectivity index (χ0v) is 16.3. The molecule has 0 saturated carbocycles. The van der Waals surface area contributed by atoms with E-state index in [-0.39, 0.29) is 5.97 Å². The van der Waals surface area contributed by atoms with Gasteiger partial charge < -0.3 is 9.15 Å². The predicted molar refractivity (Wildman–Crippen MR) is 105 cm³/mol. The van der Waals surface area contributed by atoms with Crippen molar-refractivity contribution in [3.63, 3.8) is 0 Å². The lowest BCUT2D eigenvalue weighted by Gasteiger charge is -2.08. The van der Waals surface area contributed by atoms with Crippen LogP contribution in [0.3, 0.4) is 0 Å². The minimum Gasteiger partial charge on any atom is -0.453 e. The van der Waals surface area contributed by atoms with E-state index in [1.807, 2.05) is 35.7 Å². The molecule has 8 heteroatoms. The van der Waals surface area contributed by atoms with Crippen LogP contribution < -0.4 is 0 Å². The molecule has 0 aliphatic carbocycles. The first-order chi connectivity index (χ1) is 13.2. The summed E-state index contributed by atoms with van der Waals surface area (Å²) in [6.07, 6.45) is 1.20. The van der Waals surface area contributed by atoms with Gasteiger partial charge >= 0.3 is 5.97 Å². The first-order valence-corrected chi connectivity index (χ1v) is 10.3. The number of thiazole rings is 1. The molecule has 0 unspecified atom stereocenters. The fraction of sp³-hybridized carbons (Fsp3) is 0.263. The van der Waals surface area contributed by atoms with E-state index in [0.717, 1.165) is 21.8 Å². The molecule has 0 amide bonds. The molecule has 0 aliphatic heterocycles. The molecule has 27 heavy (non-hydrogen) atoms. The number of fused-ring (bicyclic) bond motifs is 1. The largest absolute Gasteiger partial charge is 0.453 e. The highest BCUT2D eigenvalue weighted by atomic mass is 32.1. The Morgan fingerprint density at radius 3 is 2.93 bits per heavy atom. The molecule has 4 rings (SSSR count). The molecule has 138 valence electrons. The van der Waals surface area contributed by atoms with Crippen molar-refractivity contribution < 1.29 is 13.9 Å². The Kier molecular flexibility index (Phi) is 5.26. The van der Waals surface area contributed by atoms with E-state index in [1.54, 1.807) is 18.3 Å². The summed E-state index contributed by atoms with van der Waals surface area (Å²) >= 11 is 3.18. The van der Waals surface area contributed by atoms with Crippen molar-refractivity contribution in [3.8, 4) is 10.8 Å². The smallest absolute Gasteiger partial charge is 0.306 e. The van der Waals surface area contributed by atoms with Gasteiger partial charge in [0.1, 0.15) is 0 Å². The second-order valence-electron chi connectivity index (χ2n) is 5.98. The van der Waals surface area contributed by atoms with Gasteiger partial charge in [-0.1, -0.05) is 18.2 Å². The van der Waals surface area contributed by atoms with E-state index < -0.39 is 6.10 Å². The number of rotatable bonds is 7. The molecule has 0 bridgehead atoms. The summed E-state index contributed by atoms with van der Waals surface area (Å²) in [6, 6.07) is 11.9. The fourth-order valence-electron chi connectivity index (χ4n) is 2.62. The second kappa shape index (κ2) is 7.98. The lowest BCUT2D eigenvalue weighted by Crippen LogP contribution is -2.09. The third-order valence-electron chi connectivity index (χ3n) is 3.94. The summed E-state index contributed by atoms with van der Waals surface area (Å²) in [6.45, 7) is 1.73. The molecule has 0 spiro atoms. The lowest BCUT2D eigenvalue weighted by molar-refractivity contribution is -0.149. The van der Waals surface area contributed by atoms with Crippen LogP contribution >= 0.6 is 22.7 Å². The summed E-state index contributed by atoms with van der Waals surface area (Å²) in [7, 11) is 0. The summed E-state index contributed by atoms with van der Waals surface area (Å²) in [5.41, 5.74) is 1.01. The van der Waals surface area contributed by atoms with Crippen LogP contribution in [0.4, 0.5) is 0 Å². The number of aromatic nitrogens is 3. The Morgan fingerprint density at radius 1 is 1.22 bits per heavy atom. The highest BCUT2D eigenvalue weighted by molar-refractivity contribution is 7.18. The summed E-state index contributed by atoms with van der Waals surface area (Å²) in [5, 5.41) is 11.0. The quantitative estimate of drug-likeness (QED) is 0.405. The normalized spacial score (nSPS) is 12.3. The fourth-order valence-corrected chi connectivity index (χ4v) is 4.27. The molecule has 0 aliphatic rings. The Morgan fingerprint density at radius 2 is 2.11 bits per heavy atom. The first-order valence-electron chi connectivity index (χ1n) is 8.60. The molecule has 1 aromatic carbocycles. The summed E-state index contributed by atoms with van der Waals surface area (Å²) < 4.78 is 12.2. The number of hydrogen-bond acceptors (Lipinski definition) is 8. The van der Waals surface area contributed by atoms with Crippen molar-refractivity contribution in [2.75, 3.05) is 0 Å². The molecule has 1 atom stereocenters. The third kappa shape index (κ3) is 4.23. The first kappa shape index (κ1) is 17.8. The van der Waals surface area contributed by atoms with Crippen LogP contribution in [0.25, 0.3) is 21.0 Å². The molecular formula is C19H17N3O3S2. The molecule has 3 heterocycles. The van der Waals surface area contributed by atoms with E-state index in [0.29, 0.717) is 24.6 Å². The topological polar surface area (TPSA) is 78.1 Å². The van der Waals surface area contributed by atoms with E-state index in [2.05, 4.69) is 21.2 Å². The van der Waals surface area contributed by atoms with Crippen molar-refractivity contribution in [2.24, 2.45) is 0 Å². The monoisotopic (exact) mass is 399 g/mol. The summed E-state index contributed by atoms with van der Waals surface area (Å²) in [5.74, 6) is 0.469. The highest BCUT2D eigenvalue weighted by Crippen LogP contribution is 2.26. The predicted octanol–water partition coefficient (Wildman–Crippen LogP) is 5.03. The minimum absolute atomic E-state index is 0.278. The molecular weight excluding hydrogens is 382 g/mol. The van der Waals surface area contributed by atoms with Gasteiger partial charge in [0.05, 0.1) is 20.1 Å². The van der Waals surface area contributed by atoms with Crippen LogP contribution in [-0.4, -0.2) is 21.2 Å². The molecule has 3 aromatic heterocycles. The number of carbonyl (C=O) groups is 1. The van der Waals surface area contributed by atoms with Gasteiger partial charge in [-0.15, -0.1) is 32.9 Å². The standard InChI is InChI=1S/C19H17N3O3S2/c1-12(18-21-22-19(25-18)15-8-5-11-26-15)24-17(23)10-4-9-16-20-13-6-2-3-7-14(13)27-16/h2-3,5-8,11-12H,4,9-10H2,1H3/t12-/m0/s1. The maximum Gasteiger partial charge on any atom is 0.306 e. The zero-order valence-electron chi connectivity index (χ0n) is 14.6. The summed E-state index contributed by atoms with van der Waals surface area (Å²) in [4.78, 5) is 17.6. The van der Waals surface area contributed by atoms with Crippen molar-refractivity contribution in [1.82, 2.24) is 15.2 Å². The van der Waals surface area contributed by atoms with Gasteiger partial charge in [-0.3, -0.25) is 4.79 Å². The Balaban J connectivity index is 1.27. The number of nitrogens with zero attached hydrogens (tertiary/aromatic N) is 3. The number of ether oxygens (including phenoxy) is 1. The highest BCUT2D eigenvalue weighted by Gasteiger charge is 2.19. The van der Waals surface area contributed by atoms with Crippen molar-refractivity contribution >= 4 is 38.9 Å². The number of thiophene rings is 1. The van der Waals surface area contributed by atoms with Crippen LogP contribution in [0.15, 0.2) is 46.2 Å². The van der Waals surface area contributed by atoms with Gasteiger partial charge in [-0.05, 0) is 43.3 Å². The molecule has 0 fully saturated rings. The Bertz CT molecular complexity index is 1010. The number of benzene rings is 1. The van der Waals surface area contributed by atoms with Crippen LogP contribution in [0.1, 0.15) is 36.8 Å². The second-order valence-corrected chi connectivity index (χ2v) is 8.05. The zero-order chi connectivity index (χ0) is 18.6. The SMILES string of the molecule is C[C@H](OC(=O)CCCc1nc2ccccc2s1)c1nnc(-c2cccs2)o1. The van der Waals surface area contributed by atoms with E-state index >= 15 is 0 Å². The van der Waals surface area contributed by atoms with E-state index in [9.17, 15) is 4.79 Å². The Labute approximate surface area is 163 Å². The Hall–Kier alpha value is -2.58. The minimum atomic E-state index is -0.568. The average molecular weight is 399 g/mol. The maximum absolute atomic E-state index is 12.1. The number of esters is 1. The molecule has 4 aromatic rings. The lowest BCUT2D eigenvalue weighted by atomic mass is 10.2. The van der Waals surface area contributed by atoms with Gasteiger partial charge in [0.2, 0.25) is 0 Å². The van der Waals surface area contributed by atoms with Gasteiger partial charge in [0, 0.05) is 6.42 Å². The molecule has 0 radical (unpaired) electrons. The van der Waals surface area contributed by atoms with Crippen LogP contribution in [-0.2, 0) is 16.0 Å². The van der Waals surface area contributed by atoms with Crippen molar-refractivity contribution in [2.45, 2.75) is 32.3 Å². The van der Waals surface area contributed by atoms with Crippen molar-refractivity contribution in [3.05, 3.63) is 52.7 Å². The molecule has 6 nitrogen and oxygen atoms in total. The number of para-hydroxylation sites is 1. The van der Waals surface area contributed by atoms with Gasteiger partial charge in [-0.25, -0.2) is 4.98 Å². The number of aryl methyl sites for hydroxylation is 1.